The molecule has 0 spiro atoms. The molecule has 0 aliphatic rings. The minimum absolute atomic E-state index is 0.0320. The van der Waals surface area contributed by atoms with Gasteiger partial charge in [-0.15, -0.1) is 11.3 Å². The number of Topliss-reactive ketones (excluding diaryl/α,β-unsaturated/α-hetero) is 1. The molecule has 0 aliphatic heterocycles. The first-order chi connectivity index (χ1) is 22.0. The molecule has 5 aromatic rings. The topological polar surface area (TPSA) is 122 Å². The first-order valence-corrected chi connectivity index (χ1v) is 15.9. The summed E-state index contributed by atoms with van der Waals surface area (Å²) in [6.45, 7) is 7.66. The van der Waals surface area contributed by atoms with Crippen LogP contribution in [0, 0.1) is 5.92 Å². The highest BCUT2D eigenvalue weighted by atomic mass is 32.1. The summed E-state index contributed by atoms with van der Waals surface area (Å²) in [6.07, 6.45) is 5.58. The fraction of sp³-hybridized carbons (Fsp3) is 0.243. The van der Waals surface area contributed by atoms with Crippen molar-refractivity contribution in [2.24, 2.45) is 5.92 Å². The number of ketones is 1. The van der Waals surface area contributed by atoms with Crippen LogP contribution in [0.1, 0.15) is 54.2 Å². The first-order valence-electron chi connectivity index (χ1n) is 15.1. The van der Waals surface area contributed by atoms with Crippen LogP contribution in [-0.2, 0) is 21.4 Å². The van der Waals surface area contributed by atoms with E-state index in [4.69, 9.17) is 0 Å². The van der Waals surface area contributed by atoms with Crippen LogP contribution in [0.2, 0.25) is 0 Å². The van der Waals surface area contributed by atoms with E-state index in [-0.39, 0.29) is 24.0 Å². The van der Waals surface area contributed by atoms with E-state index in [1.54, 1.807) is 18.5 Å². The van der Waals surface area contributed by atoms with Crippen molar-refractivity contribution < 1.29 is 19.5 Å². The van der Waals surface area contributed by atoms with E-state index in [1.165, 1.54) is 18.3 Å². The number of rotatable bonds is 11. The third-order valence-electron chi connectivity index (χ3n) is 7.66. The molecule has 0 radical (unpaired) electrons. The number of carboxylic acid groups (broad SMARTS) is 1. The van der Waals surface area contributed by atoms with E-state index in [0.717, 1.165) is 38.4 Å². The van der Waals surface area contributed by atoms with Crippen molar-refractivity contribution in [3.8, 4) is 33.8 Å². The number of nitrogens with one attached hydrogen (secondary N) is 1. The van der Waals surface area contributed by atoms with Crippen LogP contribution >= 0.6 is 11.3 Å². The van der Waals surface area contributed by atoms with Crippen LogP contribution in [0.15, 0.2) is 97.5 Å². The van der Waals surface area contributed by atoms with Crippen molar-refractivity contribution in [2.45, 2.75) is 52.0 Å². The van der Waals surface area contributed by atoms with Gasteiger partial charge in [0, 0.05) is 58.1 Å². The SMILES string of the molecule is C[C@@H](NC(=O)[C@@H](CC(=O)c1ccc(C(C)(C)C)s1)Cc1ccc(-c2ncc(-c3ccc(-c4ccccc4)nc3)cn2)cc1)C(=O)O. The quantitative estimate of drug-likeness (QED) is 0.147. The number of carbonyl (C=O) groups is 3. The number of amides is 1. The van der Waals surface area contributed by atoms with Crippen molar-refractivity contribution in [2.75, 3.05) is 0 Å². The molecular formula is C37H36N4O4S. The predicted molar refractivity (Wildman–Crippen MR) is 181 cm³/mol. The Morgan fingerprint density at radius 2 is 1.43 bits per heavy atom. The smallest absolute Gasteiger partial charge is 0.325 e. The Hall–Kier alpha value is -5.02. The summed E-state index contributed by atoms with van der Waals surface area (Å²) in [6, 6.07) is 24.2. The Balaban J connectivity index is 1.28. The number of aliphatic carboxylic acids is 1. The molecular weight excluding hydrogens is 596 g/mol. The number of benzene rings is 2. The monoisotopic (exact) mass is 632 g/mol. The third-order valence-corrected chi connectivity index (χ3v) is 9.22. The van der Waals surface area contributed by atoms with Crippen LogP contribution in [0.25, 0.3) is 33.8 Å². The molecule has 9 heteroatoms. The summed E-state index contributed by atoms with van der Waals surface area (Å²) >= 11 is 1.43. The molecule has 1 amide bonds. The van der Waals surface area contributed by atoms with Gasteiger partial charge < -0.3 is 10.4 Å². The van der Waals surface area contributed by atoms with Gasteiger partial charge in [-0.1, -0.05) is 81.4 Å². The zero-order valence-corrected chi connectivity index (χ0v) is 27.0. The van der Waals surface area contributed by atoms with Crippen molar-refractivity contribution in [3.63, 3.8) is 0 Å². The maximum atomic E-state index is 13.3. The van der Waals surface area contributed by atoms with E-state index in [2.05, 4.69) is 41.0 Å². The molecule has 2 aromatic carbocycles. The average Bonchev–Trinajstić information content (AvgIpc) is 3.57. The van der Waals surface area contributed by atoms with E-state index < -0.39 is 23.8 Å². The highest BCUT2D eigenvalue weighted by Crippen LogP contribution is 2.31. The van der Waals surface area contributed by atoms with Crippen LogP contribution in [0.3, 0.4) is 0 Å². The maximum absolute atomic E-state index is 13.3. The average molecular weight is 633 g/mol. The summed E-state index contributed by atoms with van der Waals surface area (Å²) in [4.78, 5) is 53.2. The largest absolute Gasteiger partial charge is 0.480 e. The molecule has 234 valence electrons. The van der Waals surface area contributed by atoms with Gasteiger partial charge in [0.2, 0.25) is 5.91 Å². The summed E-state index contributed by atoms with van der Waals surface area (Å²) < 4.78 is 0. The first kappa shape index (κ1) is 32.4. The number of hydrogen-bond donors (Lipinski definition) is 2. The standard InChI is InChI=1S/C37H36N4O4S/c1-23(36(44)45)41-35(43)28(19-31(42)32-16-17-33(46-32)37(2,3)4)18-24-10-12-26(13-11-24)34-39-21-29(22-40-34)27-14-15-30(38-20-27)25-8-6-5-7-9-25/h5-17,20-23,28H,18-19H2,1-4H3,(H,41,43)(H,44,45)/t23-,28-/m1/s1. The van der Waals surface area contributed by atoms with Gasteiger partial charge in [0.25, 0.3) is 0 Å². The molecule has 0 fully saturated rings. The minimum atomic E-state index is -1.14. The summed E-state index contributed by atoms with van der Waals surface area (Å²) in [5.74, 6) is -1.93. The highest BCUT2D eigenvalue weighted by molar-refractivity contribution is 7.14. The van der Waals surface area contributed by atoms with Gasteiger partial charge in [0.15, 0.2) is 11.6 Å². The molecule has 3 heterocycles. The Labute approximate surface area is 272 Å². The molecule has 0 unspecified atom stereocenters. The molecule has 3 aromatic heterocycles. The van der Waals surface area contributed by atoms with E-state index in [0.29, 0.717) is 10.7 Å². The molecule has 2 N–H and O–H groups in total. The molecule has 0 bridgehead atoms. The van der Waals surface area contributed by atoms with Gasteiger partial charge in [-0.3, -0.25) is 19.4 Å². The Bertz CT molecular complexity index is 1810. The molecule has 0 saturated heterocycles. The number of nitrogens with zero attached hydrogens (tertiary/aromatic N) is 3. The molecule has 8 nitrogen and oxygen atoms in total. The Morgan fingerprint density at radius 1 is 0.783 bits per heavy atom. The number of carbonyl (C=O) groups excluding carboxylic acids is 2. The van der Waals surface area contributed by atoms with Gasteiger partial charge >= 0.3 is 5.97 Å². The minimum Gasteiger partial charge on any atom is -0.480 e. The lowest BCUT2D eigenvalue weighted by Gasteiger charge is -2.18. The summed E-state index contributed by atoms with van der Waals surface area (Å²) in [5, 5.41) is 11.9. The van der Waals surface area contributed by atoms with Gasteiger partial charge in [-0.05, 0) is 42.5 Å². The lowest BCUT2D eigenvalue weighted by atomic mass is 9.92. The van der Waals surface area contributed by atoms with Crippen molar-refractivity contribution in [3.05, 3.63) is 113 Å². The van der Waals surface area contributed by atoms with Gasteiger partial charge in [-0.25, -0.2) is 9.97 Å². The summed E-state index contributed by atoms with van der Waals surface area (Å²) in [7, 11) is 0. The van der Waals surface area contributed by atoms with Gasteiger partial charge in [-0.2, -0.15) is 0 Å². The molecule has 0 saturated carbocycles. The molecule has 0 aliphatic carbocycles. The van der Waals surface area contributed by atoms with E-state index in [1.807, 2.05) is 79.0 Å². The Kier molecular flexibility index (Phi) is 9.82. The fourth-order valence-corrected chi connectivity index (χ4v) is 5.92. The fourth-order valence-electron chi connectivity index (χ4n) is 4.91. The van der Waals surface area contributed by atoms with Gasteiger partial charge in [0.1, 0.15) is 6.04 Å². The van der Waals surface area contributed by atoms with Gasteiger partial charge in [0.05, 0.1) is 10.6 Å². The lowest BCUT2D eigenvalue weighted by molar-refractivity contribution is -0.141. The van der Waals surface area contributed by atoms with E-state index in [9.17, 15) is 19.5 Å². The van der Waals surface area contributed by atoms with E-state index >= 15 is 0 Å². The second kappa shape index (κ2) is 14.0. The normalized spacial score (nSPS) is 12.7. The van der Waals surface area contributed by atoms with Crippen molar-refractivity contribution in [1.82, 2.24) is 20.3 Å². The number of thiophene rings is 1. The Morgan fingerprint density at radius 3 is 2.02 bits per heavy atom. The second-order valence-electron chi connectivity index (χ2n) is 12.3. The van der Waals surface area contributed by atoms with Crippen LogP contribution in [0.4, 0.5) is 0 Å². The lowest BCUT2D eigenvalue weighted by Crippen LogP contribution is -2.42. The molecule has 5 rings (SSSR count). The van der Waals surface area contributed by atoms with Crippen LogP contribution in [-0.4, -0.2) is 43.8 Å². The van der Waals surface area contributed by atoms with Crippen LogP contribution in [0.5, 0.6) is 0 Å². The second-order valence-corrected chi connectivity index (χ2v) is 13.4. The van der Waals surface area contributed by atoms with Crippen LogP contribution < -0.4 is 5.32 Å². The van der Waals surface area contributed by atoms with Crippen molar-refractivity contribution >= 4 is 29.0 Å². The molecule has 2 atom stereocenters. The number of hydrogen-bond acceptors (Lipinski definition) is 7. The highest BCUT2D eigenvalue weighted by Gasteiger charge is 2.27. The maximum Gasteiger partial charge on any atom is 0.325 e. The zero-order chi connectivity index (χ0) is 32.8. The number of carboxylic acids is 1. The predicted octanol–water partition coefficient (Wildman–Crippen LogP) is 7.25. The third kappa shape index (κ3) is 7.97. The summed E-state index contributed by atoms with van der Waals surface area (Å²) in [5.41, 5.74) is 5.25. The number of aromatic nitrogens is 3. The van der Waals surface area contributed by atoms with Crippen molar-refractivity contribution in [1.29, 1.82) is 0 Å². The number of pyridine rings is 1. The zero-order valence-electron chi connectivity index (χ0n) is 26.2. The molecule has 46 heavy (non-hydrogen) atoms.